The highest BCUT2D eigenvalue weighted by Crippen LogP contribution is 2.27. The lowest BCUT2D eigenvalue weighted by molar-refractivity contribution is 0.0958. The molecule has 2 N–H and O–H groups in total. The molecule has 0 aliphatic rings. The van der Waals surface area contributed by atoms with Crippen LogP contribution in [0, 0.1) is 6.92 Å². The summed E-state index contributed by atoms with van der Waals surface area (Å²) in [6.07, 6.45) is 0.673. The number of nitrogens with one attached hydrogen (secondary N) is 2. The fraction of sp³-hybridized carbons (Fsp3) is 0.235. The van der Waals surface area contributed by atoms with Crippen molar-refractivity contribution in [3.8, 4) is 0 Å². The number of para-hydroxylation sites is 2. The van der Waals surface area contributed by atoms with E-state index in [9.17, 15) is 4.79 Å². The predicted molar refractivity (Wildman–Crippen MR) is 95.5 cm³/mol. The average molecular weight is 339 g/mol. The molecule has 0 aliphatic carbocycles. The van der Waals surface area contributed by atoms with Crippen molar-refractivity contribution >= 4 is 38.5 Å². The van der Waals surface area contributed by atoms with E-state index in [1.165, 1.54) is 11.3 Å². The van der Waals surface area contributed by atoms with Gasteiger partial charge in [-0.05, 0) is 25.1 Å². The van der Waals surface area contributed by atoms with Crippen molar-refractivity contribution in [2.24, 2.45) is 7.05 Å². The second kappa shape index (κ2) is 5.76. The van der Waals surface area contributed by atoms with Crippen LogP contribution in [-0.2, 0) is 13.5 Å². The van der Waals surface area contributed by atoms with Crippen molar-refractivity contribution in [3.05, 3.63) is 46.7 Å². The van der Waals surface area contributed by atoms with Gasteiger partial charge in [0, 0.05) is 25.4 Å². The van der Waals surface area contributed by atoms with E-state index in [0.717, 1.165) is 32.8 Å². The highest BCUT2D eigenvalue weighted by molar-refractivity contribution is 7.20. The van der Waals surface area contributed by atoms with Crippen LogP contribution < -0.4 is 5.32 Å². The minimum atomic E-state index is -0.0493. The molecule has 0 saturated carbocycles. The zero-order valence-electron chi connectivity index (χ0n) is 13.5. The molecule has 0 fully saturated rings. The quantitative estimate of drug-likeness (QED) is 0.600. The van der Waals surface area contributed by atoms with E-state index in [-0.39, 0.29) is 5.91 Å². The van der Waals surface area contributed by atoms with Gasteiger partial charge < -0.3 is 10.3 Å². The highest BCUT2D eigenvalue weighted by Gasteiger charge is 2.14. The van der Waals surface area contributed by atoms with Gasteiger partial charge in [-0.2, -0.15) is 5.10 Å². The topological polar surface area (TPSA) is 75.6 Å². The third-order valence-corrected chi connectivity index (χ3v) is 5.21. The summed E-state index contributed by atoms with van der Waals surface area (Å²) < 4.78 is 1.82. The molecule has 0 bridgehead atoms. The zero-order valence-corrected chi connectivity index (χ0v) is 14.3. The first kappa shape index (κ1) is 14.9. The fourth-order valence-electron chi connectivity index (χ4n) is 2.82. The van der Waals surface area contributed by atoms with Gasteiger partial charge in [0.1, 0.15) is 10.7 Å². The zero-order chi connectivity index (χ0) is 16.7. The molecule has 4 aromatic rings. The molecule has 24 heavy (non-hydrogen) atoms. The van der Waals surface area contributed by atoms with Crippen molar-refractivity contribution in [2.45, 2.75) is 13.3 Å². The first-order valence-corrected chi connectivity index (χ1v) is 8.58. The molecule has 0 spiro atoms. The molecule has 0 radical (unpaired) electrons. The molecule has 0 atom stereocenters. The number of imidazole rings is 1. The molecule has 1 amide bonds. The van der Waals surface area contributed by atoms with Crippen molar-refractivity contribution in [1.29, 1.82) is 0 Å². The number of carbonyl (C=O) groups excluding carboxylic acids is 1. The number of benzene rings is 1. The van der Waals surface area contributed by atoms with E-state index in [0.29, 0.717) is 17.8 Å². The maximum Gasteiger partial charge on any atom is 0.261 e. The molecule has 1 aromatic carbocycles. The van der Waals surface area contributed by atoms with Crippen LogP contribution in [0.2, 0.25) is 0 Å². The van der Waals surface area contributed by atoms with E-state index in [2.05, 4.69) is 20.4 Å². The Bertz CT molecular complexity index is 974. The number of thiophene rings is 1. The van der Waals surface area contributed by atoms with Crippen LogP contribution in [-0.4, -0.2) is 32.2 Å². The predicted octanol–water partition coefficient (Wildman–Crippen LogP) is 2.79. The number of nitrogens with zero attached hydrogens (tertiary/aromatic N) is 3. The molecule has 3 heterocycles. The van der Waals surface area contributed by atoms with Crippen molar-refractivity contribution < 1.29 is 4.79 Å². The second-order valence-electron chi connectivity index (χ2n) is 5.75. The van der Waals surface area contributed by atoms with Gasteiger partial charge in [0.15, 0.2) is 0 Å². The maximum atomic E-state index is 12.3. The number of aryl methyl sites for hydroxylation is 2. The molecule has 3 aromatic heterocycles. The van der Waals surface area contributed by atoms with Gasteiger partial charge in [-0.3, -0.25) is 9.48 Å². The fourth-order valence-corrected chi connectivity index (χ4v) is 3.86. The van der Waals surface area contributed by atoms with Gasteiger partial charge in [0.05, 0.1) is 21.6 Å². The number of hydrogen-bond donors (Lipinski definition) is 2. The molecule has 7 heteroatoms. The summed E-state index contributed by atoms with van der Waals surface area (Å²) in [6.45, 7) is 2.50. The Balaban J connectivity index is 1.42. The molecule has 0 aliphatic heterocycles. The van der Waals surface area contributed by atoms with E-state index in [1.807, 2.05) is 49.0 Å². The van der Waals surface area contributed by atoms with Crippen molar-refractivity contribution in [3.63, 3.8) is 0 Å². The first-order valence-electron chi connectivity index (χ1n) is 7.77. The standard InChI is InChI=1S/C17H17N5OS/c1-10-11-9-14(24-17(11)22(2)21-10)16(23)18-8-7-15-19-12-5-3-4-6-13(12)20-15/h3-6,9H,7-8H2,1-2H3,(H,18,23)(H,19,20). The monoisotopic (exact) mass is 339 g/mol. The molecular weight excluding hydrogens is 322 g/mol. The Labute approximate surface area is 142 Å². The van der Waals surface area contributed by atoms with Crippen LogP contribution in [0.1, 0.15) is 21.2 Å². The van der Waals surface area contributed by atoms with Crippen LogP contribution in [0.15, 0.2) is 30.3 Å². The van der Waals surface area contributed by atoms with Crippen LogP contribution in [0.4, 0.5) is 0 Å². The third kappa shape index (κ3) is 2.56. The van der Waals surface area contributed by atoms with Gasteiger partial charge in [-0.15, -0.1) is 11.3 Å². The lowest BCUT2D eigenvalue weighted by atomic mass is 10.3. The van der Waals surface area contributed by atoms with Gasteiger partial charge in [0.25, 0.3) is 5.91 Å². The van der Waals surface area contributed by atoms with Crippen LogP contribution in [0.5, 0.6) is 0 Å². The Morgan fingerprint density at radius 3 is 3.00 bits per heavy atom. The summed E-state index contributed by atoms with van der Waals surface area (Å²) in [4.78, 5) is 21.9. The van der Waals surface area contributed by atoms with E-state index >= 15 is 0 Å². The number of rotatable bonds is 4. The Morgan fingerprint density at radius 1 is 1.38 bits per heavy atom. The van der Waals surface area contributed by atoms with Crippen LogP contribution in [0.3, 0.4) is 0 Å². The molecule has 4 rings (SSSR count). The molecule has 122 valence electrons. The number of hydrogen-bond acceptors (Lipinski definition) is 4. The maximum absolute atomic E-state index is 12.3. The summed E-state index contributed by atoms with van der Waals surface area (Å²) in [7, 11) is 1.90. The summed E-state index contributed by atoms with van der Waals surface area (Å²) in [5.41, 5.74) is 2.92. The minimum Gasteiger partial charge on any atom is -0.351 e. The largest absolute Gasteiger partial charge is 0.351 e. The summed E-state index contributed by atoms with van der Waals surface area (Å²) in [5.74, 6) is 0.833. The van der Waals surface area contributed by atoms with E-state index in [4.69, 9.17) is 0 Å². The number of fused-ring (bicyclic) bond motifs is 2. The van der Waals surface area contributed by atoms with E-state index in [1.54, 1.807) is 0 Å². The SMILES string of the molecule is Cc1nn(C)c2sc(C(=O)NCCc3nc4ccccc4[nH]3)cc12. The Morgan fingerprint density at radius 2 is 2.21 bits per heavy atom. The number of aromatic amines is 1. The van der Waals surface area contributed by atoms with Gasteiger partial charge in [-0.1, -0.05) is 12.1 Å². The Kier molecular flexibility index (Phi) is 3.57. The molecular formula is C17H17N5OS. The third-order valence-electron chi connectivity index (χ3n) is 4.01. The smallest absolute Gasteiger partial charge is 0.261 e. The number of H-pyrrole nitrogens is 1. The molecule has 0 unspecified atom stereocenters. The van der Waals surface area contributed by atoms with Crippen LogP contribution >= 0.6 is 11.3 Å². The number of carbonyl (C=O) groups is 1. The molecule has 0 saturated heterocycles. The van der Waals surface area contributed by atoms with Gasteiger partial charge >= 0.3 is 0 Å². The molecule has 6 nitrogen and oxygen atoms in total. The van der Waals surface area contributed by atoms with Crippen molar-refractivity contribution in [1.82, 2.24) is 25.1 Å². The van der Waals surface area contributed by atoms with Crippen LogP contribution in [0.25, 0.3) is 21.3 Å². The second-order valence-corrected chi connectivity index (χ2v) is 6.78. The Hall–Kier alpha value is -2.67. The van der Waals surface area contributed by atoms with E-state index < -0.39 is 0 Å². The summed E-state index contributed by atoms with van der Waals surface area (Å²) in [5, 5.41) is 8.37. The number of aromatic nitrogens is 4. The minimum absolute atomic E-state index is 0.0493. The summed E-state index contributed by atoms with van der Waals surface area (Å²) in [6, 6.07) is 9.83. The van der Waals surface area contributed by atoms with Gasteiger partial charge in [-0.25, -0.2) is 4.98 Å². The average Bonchev–Trinajstić information content (AvgIpc) is 3.23. The first-order chi connectivity index (χ1) is 11.6. The number of amides is 1. The van der Waals surface area contributed by atoms with Gasteiger partial charge in [0.2, 0.25) is 0 Å². The summed E-state index contributed by atoms with van der Waals surface area (Å²) >= 11 is 1.47. The van der Waals surface area contributed by atoms with Crippen molar-refractivity contribution in [2.75, 3.05) is 6.54 Å². The lowest BCUT2D eigenvalue weighted by Crippen LogP contribution is -2.25. The normalized spacial score (nSPS) is 11.4. The highest BCUT2D eigenvalue weighted by atomic mass is 32.1. The lowest BCUT2D eigenvalue weighted by Gasteiger charge is -2.01.